The van der Waals surface area contributed by atoms with Crippen LogP contribution in [0.3, 0.4) is 0 Å². The highest BCUT2D eigenvalue weighted by molar-refractivity contribution is 6.31. The predicted octanol–water partition coefficient (Wildman–Crippen LogP) is 5.32. The molecule has 0 amide bonds. The zero-order valence-electron chi connectivity index (χ0n) is 12.4. The molecule has 1 aliphatic rings. The molecule has 0 radical (unpaired) electrons. The Morgan fingerprint density at radius 1 is 1.28 bits per heavy atom. The number of fused-ring (bicyclic) bond motifs is 1. The van der Waals surface area contributed by atoms with E-state index in [1.165, 1.54) is 18.2 Å². The highest BCUT2D eigenvalue weighted by atomic mass is 35.5. The molecular formula is C16H10ClF5N2O. The van der Waals surface area contributed by atoms with Gasteiger partial charge in [-0.25, -0.2) is 13.6 Å². The number of aromatic nitrogens is 1. The van der Waals surface area contributed by atoms with Crippen molar-refractivity contribution in [1.82, 2.24) is 4.57 Å². The van der Waals surface area contributed by atoms with E-state index in [0.717, 1.165) is 4.57 Å². The maximum Gasteiger partial charge on any atom is 0.418 e. The Morgan fingerprint density at radius 3 is 2.56 bits per heavy atom. The Balaban J connectivity index is 2.28. The summed E-state index contributed by atoms with van der Waals surface area (Å²) in [5.74, 6) is -3.64. The Labute approximate surface area is 144 Å². The lowest BCUT2D eigenvalue weighted by Gasteiger charge is -2.29. The maximum atomic E-state index is 13.8. The van der Waals surface area contributed by atoms with E-state index in [1.54, 1.807) is 0 Å². The smallest absolute Gasteiger partial charge is 0.382 e. The van der Waals surface area contributed by atoms with E-state index in [9.17, 15) is 27.1 Å². The molecule has 1 aromatic carbocycles. The lowest BCUT2D eigenvalue weighted by Crippen LogP contribution is -2.33. The van der Waals surface area contributed by atoms with Crippen molar-refractivity contribution in [2.75, 3.05) is 0 Å². The highest BCUT2D eigenvalue weighted by Gasteiger charge is 2.50. The standard InChI is InChI=1S/C16H10ClF5N2O/c1-23-9-4-8(17)5-10(6-9)24-7-11(16(20,21)22)13-12(24)2-3-15(18,19)14(13)25/h4-7,14,25H,2-3H2. The third-order valence-electron chi connectivity index (χ3n) is 4.10. The molecule has 1 heterocycles. The second-order valence-corrected chi connectivity index (χ2v) is 6.15. The first-order valence-electron chi connectivity index (χ1n) is 7.10. The third-order valence-corrected chi connectivity index (χ3v) is 4.32. The zero-order chi connectivity index (χ0) is 18.6. The van der Waals surface area contributed by atoms with Crippen LogP contribution in [-0.4, -0.2) is 15.6 Å². The molecule has 1 atom stereocenters. The molecule has 132 valence electrons. The lowest BCUT2D eigenvalue weighted by atomic mass is 9.89. The fourth-order valence-electron chi connectivity index (χ4n) is 2.97. The Kier molecular flexibility index (Phi) is 4.05. The van der Waals surface area contributed by atoms with Crippen LogP contribution in [0.4, 0.5) is 27.6 Å². The average Bonchev–Trinajstić information content (AvgIpc) is 2.90. The van der Waals surface area contributed by atoms with Gasteiger partial charge >= 0.3 is 6.18 Å². The molecule has 9 heteroatoms. The zero-order valence-corrected chi connectivity index (χ0v) is 13.2. The number of nitrogens with zero attached hydrogens (tertiary/aromatic N) is 2. The van der Waals surface area contributed by atoms with Gasteiger partial charge in [-0.1, -0.05) is 11.6 Å². The van der Waals surface area contributed by atoms with Crippen molar-refractivity contribution in [3.8, 4) is 5.69 Å². The fraction of sp³-hybridized carbons (Fsp3) is 0.312. The van der Waals surface area contributed by atoms with E-state index in [0.29, 0.717) is 6.20 Å². The molecule has 1 N–H and O–H groups in total. The van der Waals surface area contributed by atoms with E-state index in [-0.39, 0.29) is 28.5 Å². The van der Waals surface area contributed by atoms with E-state index in [4.69, 9.17) is 18.2 Å². The average molecular weight is 377 g/mol. The van der Waals surface area contributed by atoms with Crippen molar-refractivity contribution in [3.63, 3.8) is 0 Å². The van der Waals surface area contributed by atoms with Gasteiger partial charge in [0.05, 0.1) is 12.1 Å². The summed E-state index contributed by atoms with van der Waals surface area (Å²) in [6, 6.07) is 3.97. The summed E-state index contributed by atoms with van der Waals surface area (Å²) in [4.78, 5) is 3.18. The molecule has 3 rings (SSSR count). The van der Waals surface area contributed by atoms with Gasteiger partial charge in [0.2, 0.25) is 0 Å². The second kappa shape index (κ2) is 5.71. The molecule has 25 heavy (non-hydrogen) atoms. The first-order valence-corrected chi connectivity index (χ1v) is 7.48. The molecule has 0 saturated heterocycles. The van der Waals surface area contributed by atoms with E-state index >= 15 is 0 Å². The molecule has 1 aliphatic carbocycles. The van der Waals surface area contributed by atoms with Crippen LogP contribution in [0.2, 0.25) is 5.02 Å². The number of aliphatic hydroxyl groups is 1. The quantitative estimate of drug-likeness (QED) is 0.530. The molecule has 2 aromatic rings. The van der Waals surface area contributed by atoms with Gasteiger partial charge in [0, 0.05) is 34.6 Å². The maximum absolute atomic E-state index is 13.8. The van der Waals surface area contributed by atoms with Gasteiger partial charge in [0.1, 0.15) is 6.10 Å². The second-order valence-electron chi connectivity index (χ2n) is 5.71. The van der Waals surface area contributed by atoms with Crippen LogP contribution in [0.15, 0.2) is 24.4 Å². The molecule has 0 fully saturated rings. The van der Waals surface area contributed by atoms with Crippen molar-refractivity contribution in [3.05, 3.63) is 57.7 Å². The lowest BCUT2D eigenvalue weighted by molar-refractivity contribution is -0.147. The highest BCUT2D eigenvalue weighted by Crippen LogP contribution is 2.48. The van der Waals surface area contributed by atoms with Gasteiger partial charge in [0.15, 0.2) is 5.69 Å². The number of rotatable bonds is 1. The Morgan fingerprint density at radius 2 is 1.96 bits per heavy atom. The summed E-state index contributed by atoms with van der Waals surface area (Å²) in [5, 5.41) is 9.94. The summed E-state index contributed by atoms with van der Waals surface area (Å²) in [7, 11) is 0. The van der Waals surface area contributed by atoms with Gasteiger partial charge in [-0.2, -0.15) is 13.2 Å². The van der Waals surface area contributed by atoms with Gasteiger partial charge in [-0.15, -0.1) is 0 Å². The number of hydrogen-bond acceptors (Lipinski definition) is 1. The normalized spacial score (nSPS) is 19.4. The van der Waals surface area contributed by atoms with Crippen LogP contribution in [0.5, 0.6) is 0 Å². The van der Waals surface area contributed by atoms with Crippen LogP contribution < -0.4 is 0 Å². The fourth-order valence-corrected chi connectivity index (χ4v) is 3.20. The number of aliphatic hydroxyl groups excluding tert-OH is 1. The number of hydrogen-bond donors (Lipinski definition) is 1. The Hall–Kier alpha value is -2.11. The SMILES string of the molecule is [C-]#[N+]c1cc(Cl)cc(-n2cc(C(F)(F)F)c3c2CCC(F)(F)C3O)c1. The monoisotopic (exact) mass is 376 g/mol. The minimum absolute atomic E-state index is 0.0658. The van der Waals surface area contributed by atoms with Crippen molar-refractivity contribution < 1.29 is 27.1 Å². The molecule has 0 saturated carbocycles. The minimum Gasteiger partial charge on any atom is -0.382 e. The minimum atomic E-state index is -4.91. The largest absolute Gasteiger partial charge is 0.418 e. The van der Waals surface area contributed by atoms with Gasteiger partial charge in [0.25, 0.3) is 5.92 Å². The van der Waals surface area contributed by atoms with Crippen molar-refractivity contribution >= 4 is 17.3 Å². The number of alkyl halides is 5. The van der Waals surface area contributed by atoms with Crippen LogP contribution in [0.1, 0.15) is 29.3 Å². The van der Waals surface area contributed by atoms with Gasteiger partial charge in [-0.3, -0.25) is 0 Å². The first kappa shape index (κ1) is 17.7. The molecular weight excluding hydrogens is 367 g/mol. The van der Waals surface area contributed by atoms with Crippen LogP contribution >= 0.6 is 11.6 Å². The molecule has 0 aliphatic heterocycles. The van der Waals surface area contributed by atoms with Crippen molar-refractivity contribution in [2.45, 2.75) is 31.0 Å². The summed E-state index contributed by atoms with van der Waals surface area (Å²) < 4.78 is 68.5. The molecule has 3 nitrogen and oxygen atoms in total. The number of benzene rings is 1. The number of halogens is 6. The van der Waals surface area contributed by atoms with Gasteiger partial charge in [-0.05, 0) is 24.6 Å². The van der Waals surface area contributed by atoms with Crippen LogP contribution in [0, 0.1) is 6.57 Å². The third kappa shape index (κ3) is 2.98. The summed E-state index contributed by atoms with van der Waals surface area (Å²) in [6.45, 7) is 7.01. The van der Waals surface area contributed by atoms with Crippen molar-refractivity contribution in [2.24, 2.45) is 0 Å². The summed E-state index contributed by atoms with van der Waals surface area (Å²) >= 11 is 5.88. The summed E-state index contributed by atoms with van der Waals surface area (Å²) in [5.41, 5.74) is -1.97. The topological polar surface area (TPSA) is 29.5 Å². The summed E-state index contributed by atoms with van der Waals surface area (Å²) in [6.07, 6.45) is -7.93. The van der Waals surface area contributed by atoms with E-state index in [1.807, 2.05) is 0 Å². The van der Waals surface area contributed by atoms with Gasteiger partial charge < -0.3 is 9.67 Å². The molecule has 0 bridgehead atoms. The first-order chi connectivity index (χ1) is 11.5. The molecule has 1 aromatic heterocycles. The van der Waals surface area contributed by atoms with E-state index in [2.05, 4.69) is 4.85 Å². The predicted molar refractivity (Wildman–Crippen MR) is 80.3 cm³/mol. The van der Waals surface area contributed by atoms with E-state index < -0.39 is 35.8 Å². The van der Waals surface area contributed by atoms with Crippen LogP contribution in [-0.2, 0) is 12.6 Å². The van der Waals surface area contributed by atoms with Crippen molar-refractivity contribution in [1.29, 1.82) is 0 Å². The molecule has 1 unspecified atom stereocenters. The molecule has 0 spiro atoms. The Bertz CT molecular complexity index is 882. The van der Waals surface area contributed by atoms with Crippen LogP contribution in [0.25, 0.3) is 10.5 Å².